The van der Waals surface area contributed by atoms with Gasteiger partial charge in [0.15, 0.2) is 6.29 Å². The summed E-state index contributed by atoms with van der Waals surface area (Å²) < 4.78 is 51.2. The molecule has 1 atom stereocenters. The van der Waals surface area contributed by atoms with E-state index in [2.05, 4.69) is 10.0 Å². The molecular weight excluding hydrogens is 411 g/mol. The molecule has 0 aromatic heterocycles. The van der Waals surface area contributed by atoms with E-state index in [1.165, 1.54) is 48.5 Å². The second kappa shape index (κ2) is 10.5. The van der Waals surface area contributed by atoms with Gasteiger partial charge in [0.2, 0.25) is 0 Å². The Morgan fingerprint density at radius 3 is 2.50 bits per heavy atom. The minimum Gasteiger partial charge on any atom is -0.353 e. The zero-order chi connectivity index (χ0) is 21.4. The van der Waals surface area contributed by atoms with Gasteiger partial charge in [-0.05, 0) is 74.2 Å². The number of sulfonamides is 1. The lowest BCUT2D eigenvalue weighted by atomic mass is 10.2. The van der Waals surface area contributed by atoms with Gasteiger partial charge in [0.05, 0.1) is 11.5 Å². The van der Waals surface area contributed by atoms with Gasteiger partial charge in [0.25, 0.3) is 15.9 Å². The molecule has 3 rings (SSSR count). The van der Waals surface area contributed by atoms with Gasteiger partial charge in [0.1, 0.15) is 5.82 Å². The lowest BCUT2D eigenvalue weighted by Crippen LogP contribution is -2.27. The van der Waals surface area contributed by atoms with E-state index in [4.69, 9.17) is 9.47 Å². The molecule has 1 unspecified atom stereocenters. The molecular formula is C21H25FN2O5S. The van der Waals surface area contributed by atoms with Crippen LogP contribution in [0, 0.1) is 5.82 Å². The Bertz CT molecular complexity index is 927. The van der Waals surface area contributed by atoms with E-state index in [1.807, 2.05) is 0 Å². The van der Waals surface area contributed by atoms with Gasteiger partial charge in [-0.1, -0.05) is 0 Å². The number of ether oxygens (including phenoxy) is 2. The molecule has 1 aliphatic heterocycles. The lowest BCUT2D eigenvalue weighted by molar-refractivity contribution is -0.162. The Balaban J connectivity index is 1.45. The van der Waals surface area contributed by atoms with Crippen LogP contribution in [-0.4, -0.2) is 40.4 Å². The molecule has 9 heteroatoms. The van der Waals surface area contributed by atoms with Crippen LogP contribution < -0.4 is 10.0 Å². The van der Waals surface area contributed by atoms with Crippen molar-refractivity contribution in [3.05, 3.63) is 59.9 Å². The Hall–Kier alpha value is -2.49. The SMILES string of the molecule is O=C(NCCCOC1CCCCO1)c1ccc(S(=O)(=O)Nc2ccc(F)cc2)cc1. The molecule has 0 radical (unpaired) electrons. The Kier molecular flexibility index (Phi) is 7.78. The summed E-state index contributed by atoms with van der Waals surface area (Å²) in [4.78, 5) is 12.2. The predicted molar refractivity (Wildman–Crippen MR) is 110 cm³/mol. The number of carbonyl (C=O) groups is 1. The van der Waals surface area contributed by atoms with Crippen LogP contribution in [0.2, 0.25) is 0 Å². The van der Waals surface area contributed by atoms with Crippen LogP contribution in [0.1, 0.15) is 36.0 Å². The van der Waals surface area contributed by atoms with Crippen LogP contribution >= 0.6 is 0 Å². The van der Waals surface area contributed by atoms with Crippen molar-refractivity contribution in [1.82, 2.24) is 5.32 Å². The second-order valence-electron chi connectivity index (χ2n) is 6.91. The van der Waals surface area contributed by atoms with Crippen molar-refractivity contribution in [1.29, 1.82) is 0 Å². The largest absolute Gasteiger partial charge is 0.353 e. The standard InChI is InChI=1S/C21H25FN2O5S/c22-17-7-9-18(10-8-17)24-30(26,27)19-11-5-16(6-12-19)21(25)23-13-3-15-29-20-4-1-2-14-28-20/h5-12,20,24H,1-4,13-15H2,(H,23,25). The molecule has 1 amide bonds. The highest BCUT2D eigenvalue weighted by Crippen LogP contribution is 2.17. The molecule has 1 fully saturated rings. The van der Waals surface area contributed by atoms with Crippen molar-refractivity contribution in [3.8, 4) is 0 Å². The van der Waals surface area contributed by atoms with Gasteiger partial charge in [-0.15, -0.1) is 0 Å². The fourth-order valence-corrected chi connectivity index (χ4v) is 4.01. The van der Waals surface area contributed by atoms with Crippen LogP contribution in [0.25, 0.3) is 0 Å². The number of carbonyl (C=O) groups excluding carboxylic acids is 1. The van der Waals surface area contributed by atoms with Crippen molar-refractivity contribution in [2.24, 2.45) is 0 Å². The minimum absolute atomic E-state index is 0.00394. The molecule has 2 N–H and O–H groups in total. The monoisotopic (exact) mass is 436 g/mol. The maximum atomic E-state index is 13.0. The summed E-state index contributed by atoms with van der Waals surface area (Å²) >= 11 is 0. The van der Waals surface area contributed by atoms with Crippen LogP contribution in [0.4, 0.5) is 10.1 Å². The van der Waals surface area contributed by atoms with Crippen LogP contribution in [0.15, 0.2) is 53.4 Å². The van der Waals surface area contributed by atoms with Gasteiger partial charge in [0, 0.05) is 24.4 Å². The van der Waals surface area contributed by atoms with Crippen molar-refractivity contribution in [3.63, 3.8) is 0 Å². The number of halogens is 1. The van der Waals surface area contributed by atoms with Crippen molar-refractivity contribution >= 4 is 21.6 Å². The number of nitrogens with one attached hydrogen (secondary N) is 2. The Morgan fingerprint density at radius 1 is 1.10 bits per heavy atom. The Morgan fingerprint density at radius 2 is 1.83 bits per heavy atom. The van der Waals surface area contributed by atoms with Crippen LogP contribution in [0.5, 0.6) is 0 Å². The van der Waals surface area contributed by atoms with Gasteiger partial charge in [-0.3, -0.25) is 9.52 Å². The van der Waals surface area contributed by atoms with Crippen LogP contribution in [0.3, 0.4) is 0 Å². The lowest BCUT2D eigenvalue weighted by Gasteiger charge is -2.22. The van der Waals surface area contributed by atoms with Gasteiger partial charge in [-0.2, -0.15) is 0 Å². The number of hydrogen-bond donors (Lipinski definition) is 2. The average Bonchev–Trinajstić information content (AvgIpc) is 2.76. The molecule has 7 nitrogen and oxygen atoms in total. The number of amides is 1. The number of rotatable bonds is 9. The van der Waals surface area contributed by atoms with E-state index >= 15 is 0 Å². The summed E-state index contributed by atoms with van der Waals surface area (Å²) in [6.07, 6.45) is 3.58. The van der Waals surface area contributed by atoms with Gasteiger partial charge in [-0.25, -0.2) is 12.8 Å². The Labute approximate surface area is 175 Å². The van der Waals surface area contributed by atoms with E-state index in [0.29, 0.717) is 25.1 Å². The third-order valence-electron chi connectivity index (χ3n) is 4.57. The molecule has 1 saturated heterocycles. The van der Waals surface area contributed by atoms with E-state index in [9.17, 15) is 17.6 Å². The topological polar surface area (TPSA) is 93.7 Å². The van der Waals surface area contributed by atoms with E-state index < -0.39 is 15.8 Å². The van der Waals surface area contributed by atoms with Crippen molar-refractivity contribution in [2.45, 2.75) is 36.9 Å². The maximum Gasteiger partial charge on any atom is 0.261 e. The first-order chi connectivity index (χ1) is 14.4. The summed E-state index contributed by atoms with van der Waals surface area (Å²) in [5.41, 5.74) is 0.603. The third kappa shape index (κ3) is 6.51. The van der Waals surface area contributed by atoms with Crippen LogP contribution in [-0.2, 0) is 19.5 Å². The number of hydrogen-bond acceptors (Lipinski definition) is 5. The summed E-state index contributed by atoms with van der Waals surface area (Å²) in [7, 11) is -3.84. The quantitative estimate of drug-likeness (QED) is 0.589. The summed E-state index contributed by atoms with van der Waals surface area (Å²) in [5, 5.41) is 2.78. The molecule has 162 valence electrons. The van der Waals surface area contributed by atoms with E-state index in [0.717, 1.165) is 25.9 Å². The molecule has 0 aliphatic carbocycles. The molecule has 0 spiro atoms. The number of anilines is 1. The molecule has 2 aromatic rings. The second-order valence-corrected chi connectivity index (χ2v) is 8.60. The molecule has 0 bridgehead atoms. The first kappa shape index (κ1) is 22.2. The average molecular weight is 437 g/mol. The van der Waals surface area contributed by atoms with Gasteiger partial charge >= 0.3 is 0 Å². The zero-order valence-electron chi connectivity index (χ0n) is 16.5. The van der Waals surface area contributed by atoms with E-state index in [-0.39, 0.29) is 22.8 Å². The molecule has 1 heterocycles. The summed E-state index contributed by atoms with van der Waals surface area (Å²) in [6, 6.07) is 10.6. The smallest absolute Gasteiger partial charge is 0.261 e. The molecule has 0 saturated carbocycles. The molecule has 2 aromatic carbocycles. The molecule has 30 heavy (non-hydrogen) atoms. The maximum absolute atomic E-state index is 13.0. The van der Waals surface area contributed by atoms with Crippen molar-refractivity contribution in [2.75, 3.05) is 24.5 Å². The third-order valence-corrected chi connectivity index (χ3v) is 5.97. The van der Waals surface area contributed by atoms with Crippen molar-refractivity contribution < 1.29 is 27.1 Å². The van der Waals surface area contributed by atoms with Gasteiger partial charge < -0.3 is 14.8 Å². The normalized spacial score (nSPS) is 16.8. The highest BCUT2D eigenvalue weighted by molar-refractivity contribution is 7.92. The fraction of sp³-hybridized carbons (Fsp3) is 0.381. The summed E-state index contributed by atoms with van der Waals surface area (Å²) in [5.74, 6) is -0.749. The van der Waals surface area contributed by atoms with E-state index in [1.54, 1.807) is 0 Å². The first-order valence-electron chi connectivity index (χ1n) is 9.84. The fourth-order valence-electron chi connectivity index (χ4n) is 2.95. The highest BCUT2D eigenvalue weighted by Gasteiger charge is 2.16. The minimum atomic E-state index is -3.84. The summed E-state index contributed by atoms with van der Waals surface area (Å²) in [6.45, 7) is 1.67. The first-order valence-corrected chi connectivity index (χ1v) is 11.3. The number of benzene rings is 2. The zero-order valence-corrected chi connectivity index (χ0v) is 17.3. The highest BCUT2D eigenvalue weighted by atomic mass is 32.2. The predicted octanol–water partition coefficient (Wildman–Crippen LogP) is 3.29. The molecule has 1 aliphatic rings.